The number of carbonyl (C=O) groups excluding carboxylic acids is 1. The molecule has 0 radical (unpaired) electrons. The molecule has 2 atom stereocenters. The molecular weight excluding hydrogens is 346 g/mol. The van der Waals surface area contributed by atoms with Crippen LogP contribution in [0, 0.1) is 11.8 Å². The van der Waals surface area contributed by atoms with Crippen molar-refractivity contribution >= 4 is 5.91 Å². The van der Waals surface area contributed by atoms with Crippen LogP contribution in [0.1, 0.15) is 123 Å². The molecule has 3 N–H and O–H groups in total. The molecule has 28 heavy (non-hydrogen) atoms. The number of nitrogens with two attached hydrogens (primary N) is 1. The minimum atomic E-state index is -0.231. The van der Waals surface area contributed by atoms with E-state index in [4.69, 9.17) is 5.73 Å². The Hall–Kier alpha value is -0.830. The van der Waals surface area contributed by atoms with Crippen LogP contribution in [0.2, 0.25) is 0 Å². The first kappa shape index (κ1) is 27.2. The predicted octanol–water partition coefficient (Wildman–Crippen LogP) is 6.92. The second kappa shape index (κ2) is 20.9. The highest BCUT2D eigenvalue weighted by molar-refractivity contribution is 5.76. The van der Waals surface area contributed by atoms with Gasteiger partial charge in [0.05, 0.1) is 0 Å². The van der Waals surface area contributed by atoms with E-state index in [1.807, 2.05) is 0 Å². The van der Waals surface area contributed by atoms with E-state index in [2.05, 4.69) is 26.0 Å². The number of amides is 1. The van der Waals surface area contributed by atoms with Crippen molar-refractivity contribution in [2.45, 2.75) is 123 Å². The molecule has 1 amide bonds. The van der Waals surface area contributed by atoms with Gasteiger partial charge in [-0.1, -0.05) is 96.6 Å². The lowest BCUT2D eigenvalue weighted by Gasteiger charge is -2.22. The van der Waals surface area contributed by atoms with Gasteiger partial charge in [-0.05, 0) is 44.4 Å². The lowest BCUT2D eigenvalue weighted by atomic mass is 9.84. The van der Waals surface area contributed by atoms with E-state index >= 15 is 0 Å². The van der Waals surface area contributed by atoms with Crippen molar-refractivity contribution in [3.8, 4) is 0 Å². The number of carbonyl (C=O) groups is 1. The molecule has 166 valence electrons. The smallest absolute Gasteiger partial charge is 0.220 e. The predicted molar refractivity (Wildman–Crippen MR) is 122 cm³/mol. The molecule has 0 aliphatic rings. The van der Waals surface area contributed by atoms with Gasteiger partial charge in [0.25, 0.3) is 0 Å². The van der Waals surface area contributed by atoms with Crippen LogP contribution in [-0.2, 0) is 4.79 Å². The Bertz CT molecular complexity index is 368. The summed E-state index contributed by atoms with van der Waals surface area (Å²) in [6, 6.07) is 0. The molecule has 0 saturated carbocycles. The Kier molecular flexibility index (Phi) is 20.3. The van der Waals surface area contributed by atoms with Gasteiger partial charge in [0, 0.05) is 12.5 Å². The van der Waals surface area contributed by atoms with Crippen LogP contribution in [0.5, 0.6) is 0 Å². The Balaban J connectivity index is 3.62. The Morgan fingerprint density at radius 2 is 1.25 bits per heavy atom. The minimum absolute atomic E-state index is 0.0502. The fourth-order valence-electron chi connectivity index (χ4n) is 3.93. The highest BCUT2D eigenvalue weighted by Crippen LogP contribution is 2.24. The van der Waals surface area contributed by atoms with E-state index in [0.717, 1.165) is 38.5 Å². The van der Waals surface area contributed by atoms with Crippen molar-refractivity contribution < 1.29 is 9.90 Å². The van der Waals surface area contributed by atoms with Crippen LogP contribution in [0.3, 0.4) is 0 Å². The maximum atomic E-state index is 11.7. The third-order valence-corrected chi connectivity index (χ3v) is 5.87. The molecule has 0 spiro atoms. The molecule has 0 aromatic carbocycles. The van der Waals surface area contributed by atoms with Crippen molar-refractivity contribution in [1.29, 1.82) is 0 Å². The van der Waals surface area contributed by atoms with Crippen LogP contribution >= 0.6 is 0 Å². The molecule has 0 saturated heterocycles. The second-order valence-corrected chi connectivity index (χ2v) is 8.47. The van der Waals surface area contributed by atoms with Gasteiger partial charge in [-0.2, -0.15) is 0 Å². The van der Waals surface area contributed by atoms with Crippen molar-refractivity contribution in [2.24, 2.45) is 17.6 Å². The molecule has 0 rings (SSSR count). The van der Waals surface area contributed by atoms with Gasteiger partial charge in [0.1, 0.15) is 0 Å². The summed E-state index contributed by atoms with van der Waals surface area (Å²) >= 11 is 0. The van der Waals surface area contributed by atoms with Gasteiger partial charge in [-0.25, -0.2) is 0 Å². The van der Waals surface area contributed by atoms with Crippen LogP contribution in [0.15, 0.2) is 12.2 Å². The average Bonchev–Trinajstić information content (AvgIpc) is 2.69. The zero-order chi connectivity index (χ0) is 20.9. The number of unbranched alkanes of at least 4 members (excludes halogenated alkanes) is 12. The van der Waals surface area contributed by atoms with Gasteiger partial charge in [-0.3, -0.25) is 4.79 Å². The average molecular weight is 396 g/mol. The Labute approximate surface area is 175 Å². The van der Waals surface area contributed by atoms with Crippen molar-refractivity contribution in [2.75, 3.05) is 6.61 Å². The molecule has 0 fully saturated rings. The second-order valence-electron chi connectivity index (χ2n) is 8.47. The fourth-order valence-corrected chi connectivity index (χ4v) is 3.93. The summed E-state index contributed by atoms with van der Waals surface area (Å²) in [6.45, 7) is 4.48. The monoisotopic (exact) mass is 395 g/mol. The fraction of sp³-hybridized carbons (Fsp3) is 0.880. The first-order valence-electron chi connectivity index (χ1n) is 12.2. The van der Waals surface area contributed by atoms with Gasteiger partial charge >= 0.3 is 0 Å². The molecular formula is C25H49NO2. The number of allylic oxidation sites excluding steroid dienone is 2. The molecule has 2 unspecified atom stereocenters. The minimum Gasteiger partial charge on any atom is -0.396 e. The molecule has 0 aliphatic heterocycles. The molecule has 0 bridgehead atoms. The summed E-state index contributed by atoms with van der Waals surface area (Å²) in [5, 5.41) is 9.58. The topological polar surface area (TPSA) is 63.3 Å². The molecule has 3 nitrogen and oxygen atoms in total. The largest absolute Gasteiger partial charge is 0.396 e. The van der Waals surface area contributed by atoms with Crippen LogP contribution < -0.4 is 5.73 Å². The Morgan fingerprint density at radius 1 is 0.750 bits per heavy atom. The summed E-state index contributed by atoms with van der Waals surface area (Å²) in [5.41, 5.74) is 5.59. The van der Waals surface area contributed by atoms with E-state index in [1.54, 1.807) is 0 Å². The first-order valence-corrected chi connectivity index (χ1v) is 12.2. The zero-order valence-electron chi connectivity index (χ0n) is 19.0. The van der Waals surface area contributed by atoms with Crippen LogP contribution in [-0.4, -0.2) is 17.6 Å². The Morgan fingerprint density at radius 3 is 1.75 bits per heavy atom. The zero-order valence-corrected chi connectivity index (χ0v) is 19.0. The van der Waals surface area contributed by atoms with Crippen LogP contribution in [0.4, 0.5) is 0 Å². The van der Waals surface area contributed by atoms with Gasteiger partial charge in [0.15, 0.2) is 0 Å². The third kappa shape index (κ3) is 16.2. The highest BCUT2D eigenvalue weighted by Gasteiger charge is 2.24. The number of aliphatic hydroxyl groups is 1. The third-order valence-electron chi connectivity index (χ3n) is 5.87. The van der Waals surface area contributed by atoms with E-state index in [-0.39, 0.29) is 24.3 Å². The van der Waals surface area contributed by atoms with E-state index in [9.17, 15) is 9.90 Å². The van der Waals surface area contributed by atoms with Gasteiger partial charge < -0.3 is 10.8 Å². The quantitative estimate of drug-likeness (QED) is 0.163. The number of hydrogen-bond donors (Lipinski definition) is 2. The van der Waals surface area contributed by atoms with E-state index < -0.39 is 0 Å². The molecule has 0 aliphatic carbocycles. The summed E-state index contributed by atoms with van der Waals surface area (Å²) in [5.74, 6) is -0.332. The molecule has 0 heterocycles. The van der Waals surface area contributed by atoms with Crippen molar-refractivity contribution in [3.63, 3.8) is 0 Å². The number of rotatable bonds is 21. The van der Waals surface area contributed by atoms with Crippen molar-refractivity contribution in [1.82, 2.24) is 0 Å². The van der Waals surface area contributed by atoms with Gasteiger partial charge in [-0.15, -0.1) is 0 Å². The lowest BCUT2D eigenvalue weighted by molar-refractivity contribution is -0.124. The number of aliphatic hydroxyl groups excluding tert-OH is 1. The normalized spacial score (nSPS) is 13.8. The molecule has 0 aromatic rings. The summed E-state index contributed by atoms with van der Waals surface area (Å²) in [7, 11) is 0. The molecule has 0 aromatic heterocycles. The maximum absolute atomic E-state index is 11.7. The summed E-state index contributed by atoms with van der Waals surface area (Å²) in [6.07, 6.45) is 25.3. The first-order chi connectivity index (χ1) is 13.7. The lowest BCUT2D eigenvalue weighted by Crippen LogP contribution is -2.32. The van der Waals surface area contributed by atoms with E-state index in [0.29, 0.717) is 0 Å². The maximum Gasteiger partial charge on any atom is 0.220 e. The van der Waals surface area contributed by atoms with Crippen LogP contribution in [0.25, 0.3) is 0 Å². The summed E-state index contributed by atoms with van der Waals surface area (Å²) < 4.78 is 0. The van der Waals surface area contributed by atoms with E-state index in [1.165, 1.54) is 70.6 Å². The SMILES string of the molecule is CCCCCCCCC=CCCCCCCCC(C(N)=O)C(CO)CCCC. The standard InChI is InChI=1S/C25H49NO2/c1-3-5-7-8-9-10-11-12-13-14-15-16-17-18-19-21-24(25(26)28)23(22-27)20-6-4-2/h12-13,23-24,27H,3-11,14-22H2,1-2H3,(H2,26,28). The van der Waals surface area contributed by atoms with Gasteiger partial charge in [0.2, 0.25) is 5.91 Å². The molecule has 3 heteroatoms. The highest BCUT2D eigenvalue weighted by atomic mass is 16.3. The number of primary amides is 1. The summed E-state index contributed by atoms with van der Waals surface area (Å²) in [4.78, 5) is 11.7. The van der Waals surface area contributed by atoms with Crippen molar-refractivity contribution in [3.05, 3.63) is 12.2 Å². The number of hydrogen-bond acceptors (Lipinski definition) is 2.